The molecule has 2 aliphatic carbocycles. The molecule has 0 bridgehead atoms. The number of fused-ring (bicyclic) bond motifs is 1. The van der Waals surface area contributed by atoms with Gasteiger partial charge in [0.1, 0.15) is 0 Å². The second-order valence-electron chi connectivity index (χ2n) is 5.54. The monoisotopic (exact) mass is 297 g/mol. The van der Waals surface area contributed by atoms with Gasteiger partial charge in [-0.05, 0) is 50.2 Å². The Balaban J connectivity index is 1.79. The summed E-state index contributed by atoms with van der Waals surface area (Å²) in [4.78, 5) is 17.0. The Bertz CT molecular complexity index is 443. The molecule has 19 heavy (non-hydrogen) atoms. The smallest absolute Gasteiger partial charge is 0.264 e. The average molecular weight is 298 g/mol. The minimum absolute atomic E-state index is 0.209. The van der Waals surface area contributed by atoms with Crippen molar-refractivity contribution in [1.82, 2.24) is 4.90 Å². The van der Waals surface area contributed by atoms with Gasteiger partial charge in [-0.1, -0.05) is 6.42 Å². The number of alkyl halides is 1. The molecule has 0 saturated heterocycles. The molecule has 0 radical (unpaired) electrons. The average Bonchev–Trinajstić information content (AvgIpc) is 3.20. The maximum Gasteiger partial charge on any atom is 0.264 e. The van der Waals surface area contributed by atoms with Crippen molar-refractivity contribution in [3.05, 3.63) is 21.4 Å². The minimum Gasteiger partial charge on any atom is -0.334 e. The highest BCUT2D eigenvalue weighted by molar-refractivity contribution is 7.14. The number of rotatable bonds is 4. The zero-order valence-electron chi connectivity index (χ0n) is 11.2. The maximum atomic E-state index is 12.6. The van der Waals surface area contributed by atoms with Gasteiger partial charge >= 0.3 is 0 Å². The van der Waals surface area contributed by atoms with Crippen LogP contribution in [0.5, 0.6) is 0 Å². The normalized spacial score (nSPS) is 18.8. The Hall–Kier alpha value is -0.540. The van der Waals surface area contributed by atoms with E-state index in [0.29, 0.717) is 18.5 Å². The van der Waals surface area contributed by atoms with Crippen LogP contribution in [0.4, 0.5) is 0 Å². The van der Waals surface area contributed by atoms with Crippen LogP contribution in [0.1, 0.15) is 52.2 Å². The SMILES string of the molecule is O=C(c1cc2c(s1)CCCCC2)N(CCCl)C1CC1. The number of carbonyl (C=O) groups is 1. The summed E-state index contributed by atoms with van der Waals surface area (Å²) < 4.78 is 0. The minimum atomic E-state index is 0.209. The summed E-state index contributed by atoms with van der Waals surface area (Å²) in [6, 6.07) is 2.60. The van der Waals surface area contributed by atoms with Crippen molar-refractivity contribution in [2.75, 3.05) is 12.4 Å². The van der Waals surface area contributed by atoms with Crippen LogP contribution >= 0.6 is 22.9 Å². The first-order valence-corrected chi connectivity index (χ1v) is 8.63. The largest absolute Gasteiger partial charge is 0.334 e. The molecular formula is C15H20ClNOS. The van der Waals surface area contributed by atoms with Crippen LogP contribution in [0.15, 0.2) is 6.07 Å². The number of hydrogen-bond acceptors (Lipinski definition) is 2. The van der Waals surface area contributed by atoms with Crippen molar-refractivity contribution in [3.63, 3.8) is 0 Å². The summed E-state index contributed by atoms with van der Waals surface area (Å²) >= 11 is 7.55. The van der Waals surface area contributed by atoms with E-state index in [1.165, 1.54) is 29.7 Å². The molecule has 4 heteroatoms. The topological polar surface area (TPSA) is 20.3 Å². The molecular weight excluding hydrogens is 278 g/mol. The van der Waals surface area contributed by atoms with Gasteiger partial charge < -0.3 is 4.90 Å². The summed E-state index contributed by atoms with van der Waals surface area (Å²) in [7, 11) is 0. The molecule has 3 rings (SSSR count). The van der Waals surface area contributed by atoms with E-state index in [2.05, 4.69) is 6.07 Å². The summed E-state index contributed by atoms with van der Waals surface area (Å²) in [5.74, 6) is 0.745. The number of hydrogen-bond donors (Lipinski definition) is 0. The van der Waals surface area contributed by atoms with E-state index >= 15 is 0 Å². The first-order valence-electron chi connectivity index (χ1n) is 7.28. The van der Waals surface area contributed by atoms with Gasteiger partial charge in [-0.15, -0.1) is 22.9 Å². The molecule has 1 fully saturated rings. The van der Waals surface area contributed by atoms with Crippen LogP contribution in [0.3, 0.4) is 0 Å². The van der Waals surface area contributed by atoms with Gasteiger partial charge in [0.25, 0.3) is 5.91 Å². The summed E-state index contributed by atoms with van der Waals surface area (Å²) in [6.45, 7) is 0.688. The third kappa shape index (κ3) is 2.97. The van der Waals surface area contributed by atoms with Crippen LogP contribution < -0.4 is 0 Å². The van der Waals surface area contributed by atoms with Crippen LogP contribution in [0.25, 0.3) is 0 Å². The van der Waals surface area contributed by atoms with Gasteiger partial charge in [0.15, 0.2) is 0 Å². The lowest BCUT2D eigenvalue weighted by Gasteiger charge is -2.20. The first kappa shape index (κ1) is 13.4. The molecule has 0 aliphatic heterocycles. The molecule has 1 saturated carbocycles. The molecule has 1 aromatic heterocycles. The first-order chi connectivity index (χ1) is 9.29. The highest BCUT2D eigenvalue weighted by Crippen LogP contribution is 2.33. The third-order valence-corrected chi connectivity index (χ3v) is 5.43. The van der Waals surface area contributed by atoms with E-state index in [0.717, 1.165) is 30.6 Å². The fraction of sp³-hybridized carbons (Fsp3) is 0.667. The van der Waals surface area contributed by atoms with Crippen molar-refractivity contribution in [2.45, 2.75) is 51.0 Å². The van der Waals surface area contributed by atoms with E-state index in [1.54, 1.807) is 11.3 Å². The third-order valence-electron chi connectivity index (χ3n) is 4.03. The van der Waals surface area contributed by atoms with Crippen molar-refractivity contribution in [2.24, 2.45) is 0 Å². The lowest BCUT2D eigenvalue weighted by Crippen LogP contribution is -2.34. The summed E-state index contributed by atoms with van der Waals surface area (Å²) in [6.07, 6.45) is 8.47. The van der Waals surface area contributed by atoms with Gasteiger partial charge in [-0.3, -0.25) is 4.79 Å². The van der Waals surface area contributed by atoms with Crippen molar-refractivity contribution in [3.8, 4) is 0 Å². The molecule has 0 spiro atoms. The zero-order chi connectivity index (χ0) is 13.2. The van der Waals surface area contributed by atoms with Crippen LogP contribution in [-0.4, -0.2) is 29.3 Å². The molecule has 0 aromatic carbocycles. The second-order valence-corrected chi connectivity index (χ2v) is 7.05. The number of thiophene rings is 1. The fourth-order valence-corrected chi connectivity index (χ4v) is 4.23. The zero-order valence-corrected chi connectivity index (χ0v) is 12.7. The summed E-state index contributed by atoms with van der Waals surface area (Å²) in [5.41, 5.74) is 1.42. The summed E-state index contributed by atoms with van der Waals surface area (Å²) in [5, 5.41) is 0. The molecule has 1 heterocycles. The van der Waals surface area contributed by atoms with Gasteiger partial charge in [-0.25, -0.2) is 0 Å². The standard InChI is InChI=1S/C15H20ClNOS/c16-8-9-17(12-6-7-12)15(18)14-10-11-4-2-1-3-5-13(11)19-14/h10,12H,1-9H2. The van der Waals surface area contributed by atoms with Gasteiger partial charge in [0.05, 0.1) is 4.88 Å². The van der Waals surface area contributed by atoms with Gasteiger partial charge in [-0.2, -0.15) is 0 Å². The predicted octanol–water partition coefficient (Wildman–Crippen LogP) is 3.86. The van der Waals surface area contributed by atoms with Gasteiger partial charge in [0.2, 0.25) is 0 Å². The maximum absolute atomic E-state index is 12.6. The van der Waals surface area contributed by atoms with E-state index in [4.69, 9.17) is 11.6 Å². The Morgan fingerprint density at radius 3 is 2.84 bits per heavy atom. The molecule has 0 unspecified atom stereocenters. The number of carbonyl (C=O) groups excluding carboxylic acids is 1. The molecule has 1 aromatic rings. The van der Waals surface area contributed by atoms with E-state index in [1.807, 2.05) is 4.90 Å². The van der Waals surface area contributed by atoms with Crippen LogP contribution in [0, 0.1) is 0 Å². The van der Waals surface area contributed by atoms with Crippen molar-refractivity contribution < 1.29 is 4.79 Å². The number of nitrogens with zero attached hydrogens (tertiary/aromatic N) is 1. The lowest BCUT2D eigenvalue weighted by atomic mass is 10.1. The Morgan fingerprint density at radius 1 is 1.32 bits per heavy atom. The van der Waals surface area contributed by atoms with E-state index < -0.39 is 0 Å². The Morgan fingerprint density at radius 2 is 2.11 bits per heavy atom. The molecule has 2 aliphatic rings. The number of aryl methyl sites for hydroxylation is 2. The highest BCUT2D eigenvalue weighted by atomic mass is 35.5. The fourth-order valence-electron chi connectivity index (χ4n) is 2.84. The molecule has 1 amide bonds. The predicted molar refractivity (Wildman–Crippen MR) is 80.4 cm³/mol. The van der Waals surface area contributed by atoms with Crippen molar-refractivity contribution in [1.29, 1.82) is 0 Å². The van der Waals surface area contributed by atoms with Crippen molar-refractivity contribution >= 4 is 28.8 Å². The quantitative estimate of drug-likeness (QED) is 0.610. The van der Waals surface area contributed by atoms with Gasteiger partial charge in [0, 0.05) is 23.3 Å². The Kier molecular flexibility index (Phi) is 4.13. The molecule has 2 nitrogen and oxygen atoms in total. The molecule has 0 N–H and O–H groups in total. The van der Waals surface area contributed by atoms with Crippen LogP contribution in [0.2, 0.25) is 0 Å². The highest BCUT2D eigenvalue weighted by Gasteiger charge is 2.33. The number of amides is 1. The van der Waals surface area contributed by atoms with E-state index in [9.17, 15) is 4.79 Å². The lowest BCUT2D eigenvalue weighted by molar-refractivity contribution is 0.0758. The van der Waals surface area contributed by atoms with Crippen LogP contribution in [-0.2, 0) is 12.8 Å². The number of halogens is 1. The molecule has 104 valence electrons. The van der Waals surface area contributed by atoms with E-state index in [-0.39, 0.29) is 5.91 Å². The second kappa shape index (κ2) is 5.84. The molecule has 0 atom stereocenters. The Labute approximate surface area is 123 Å².